The minimum atomic E-state index is -3.64. The van der Waals surface area contributed by atoms with Gasteiger partial charge in [0.2, 0.25) is 10.0 Å². The lowest BCUT2D eigenvalue weighted by Gasteiger charge is -2.17. The van der Waals surface area contributed by atoms with Gasteiger partial charge in [-0.05, 0) is 49.2 Å². The number of halogens is 2. The molecule has 27 heavy (non-hydrogen) atoms. The van der Waals surface area contributed by atoms with E-state index in [0.717, 1.165) is 16.4 Å². The summed E-state index contributed by atoms with van der Waals surface area (Å²) in [5.74, 6) is -1.97. The summed E-state index contributed by atoms with van der Waals surface area (Å²) in [5, 5.41) is 5.19. The van der Waals surface area contributed by atoms with Gasteiger partial charge in [0.05, 0.1) is 10.9 Å². The molecular formula is C18H21F2N3O3S. The Morgan fingerprint density at radius 1 is 1.07 bits per heavy atom. The van der Waals surface area contributed by atoms with E-state index in [-0.39, 0.29) is 4.90 Å². The minimum Gasteiger partial charge on any atom is -0.331 e. The van der Waals surface area contributed by atoms with Crippen molar-refractivity contribution in [3.63, 3.8) is 0 Å². The van der Waals surface area contributed by atoms with Crippen LogP contribution >= 0.6 is 0 Å². The molecule has 2 aromatic rings. The zero-order valence-corrected chi connectivity index (χ0v) is 16.2. The molecule has 0 fully saturated rings. The molecule has 0 saturated heterocycles. The molecular weight excluding hydrogens is 376 g/mol. The maximum Gasteiger partial charge on any atom is 0.319 e. The van der Waals surface area contributed by atoms with E-state index < -0.39 is 33.7 Å². The molecule has 0 aliphatic heterocycles. The smallest absolute Gasteiger partial charge is 0.319 e. The Morgan fingerprint density at radius 2 is 1.74 bits per heavy atom. The van der Waals surface area contributed by atoms with Crippen LogP contribution in [-0.2, 0) is 10.0 Å². The van der Waals surface area contributed by atoms with Gasteiger partial charge in [-0.2, -0.15) is 0 Å². The Kier molecular flexibility index (Phi) is 6.17. The van der Waals surface area contributed by atoms with Gasteiger partial charge in [0, 0.05) is 19.8 Å². The number of amides is 2. The number of nitrogens with one attached hydrogen (secondary N) is 2. The molecule has 9 heteroatoms. The van der Waals surface area contributed by atoms with Crippen molar-refractivity contribution in [1.82, 2.24) is 9.62 Å². The van der Waals surface area contributed by atoms with E-state index in [9.17, 15) is 22.0 Å². The first-order chi connectivity index (χ1) is 12.5. The summed E-state index contributed by atoms with van der Waals surface area (Å²) in [6.07, 6.45) is 0. The average molecular weight is 397 g/mol. The minimum absolute atomic E-state index is 0.0436. The van der Waals surface area contributed by atoms with Crippen LogP contribution in [0, 0.1) is 18.6 Å². The lowest BCUT2D eigenvalue weighted by Crippen LogP contribution is -2.31. The maximum absolute atomic E-state index is 13.3. The van der Waals surface area contributed by atoms with Crippen molar-refractivity contribution in [1.29, 1.82) is 0 Å². The number of carbonyl (C=O) groups is 1. The molecule has 0 unspecified atom stereocenters. The number of rotatable bonds is 5. The van der Waals surface area contributed by atoms with Gasteiger partial charge in [-0.3, -0.25) is 0 Å². The van der Waals surface area contributed by atoms with Crippen LogP contribution in [0.5, 0.6) is 0 Å². The number of benzene rings is 2. The Labute approximate surface area is 157 Å². The normalized spacial score (nSPS) is 12.7. The number of nitrogens with zero attached hydrogens (tertiary/aromatic N) is 1. The summed E-state index contributed by atoms with van der Waals surface area (Å²) in [7, 11) is -0.812. The van der Waals surface area contributed by atoms with E-state index in [1.165, 1.54) is 32.3 Å². The Balaban J connectivity index is 2.16. The van der Waals surface area contributed by atoms with Crippen LogP contribution in [0.25, 0.3) is 0 Å². The van der Waals surface area contributed by atoms with E-state index in [1.54, 1.807) is 19.9 Å². The van der Waals surface area contributed by atoms with Gasteiger partial charge in [0.25, 0.3) is 0 Å². The highest BCUT2D eigenvalue weighted by atomic mass is 32.2. The van der Waals surface area contributed by atoms with Crippen molar-refractivity contribution in [2.45, 2.75) is 24.8 Å². The molecule has 2 rings (SSSR count). The molecule has 2 aromatic carbocycles. The van der Waals surface area contributed by atoms with E-state index in [1.807, 2.05) is 0 Å². The number of hydrogen-bond donors (Lipinski definition) is 2. The first kappa shape index (κ1) is 20.8. The molecule has 0 saturated carbocycles. The topological polar surface area (TPSA) is 78.5 Å². The second-order valence-corrected chi connectivity index (χ2v) is 8.41. The van der Waals surface area contributed by atoms with Crippen LogP contribution in [0.1, 0.15) is 24.1 Å². The molecule has 6 nitrogen and oxygen atoms in total. The van der Waals surface area contributed by atoms with Crippen molar-refractivity contribution >= 4 is 21.7 Å². The molecule has 0 heterocycles. The number of sulfonamides is 1. The summed E-state index contributed by atoms with van der Waals surface area (Å²) in [4.78, 5) is 12.3. The molecule has 146 valence electrons. The fourth-order valence-electron chi connectivity index (χ4n) is 2.33. The highest BCUT2D eigenvalue weighted by Crippen LogP contribution is 2.22. The van der Waals surface area contributed by atoms with Crippen LogP contribution in [-0.4, -0.2) is 32.8 Å². The van der Waals surface area contributed by atoms with Gasteiger partial charge < -0.3 is 10.6 Å². The molecule has 0 aliphatic carbocycles. The van der Waals surface area contributed by atoms with E-state index in [4.69, 9.17) is 0 Å². The number of anilines is 1. The van der Waals surface area contributed by atoms with Crippen LogP contribution < -0.4 is 10.6 Å². The number of hydrogen-bond acceptors (Lipinski definition) is 3. The summed E-state index contributed by atoms with van der Waals surface area (Å²) in [6.45, 7) is 3.34. The van der Waals surface area contributed by atoms with Gasteiger partial charge in [-0.1, -0.05) is 12.1 Å². The largest absolute Gasteiger partial charge is 0.331 e. The van der Waals surface area contributed by atoms with Crippen LogP contribution in [0.2, 0.25) is 0 Å². The lowest BCUT2D eigenvalue weighted by molar-refractivity contribution is 0.249. The summed E-state index contributed by atoms with van der Waals surface area (Å²) in [6, 6.07) is 6.59. The zero-order valence-electron chi connectivity index (χ0n) is 15.4. The predicted octanol–water partition coefficient (Wildman–Crippen LogP) is 3.41. The summed E-state index contributed by atoms with van der Waals surface area (Å²) < 4.78 is 51.9. The SMILES string of the molecule is Cc1ccc(S(=O)(=O)N(C)C)cc1NC(=O)N[C@H](C)c1ccc(F)c(F)c1. The maximum atomic E-state index is 13.3. The highest BCUT2D eigenvalue weighted by Gasteiger charge is 2.19. The second-order valence-electron chi connectivity index (χ2n) is 6.26. The third kappa shape index (κ3) is 4.81. The fourth-order valence-corrected chi connectivity index (χ4v) is 3.26. The van der Waals surface area contributed by atoms with E-state index in [0.29, 0.717) is 16.8 Å². The number of urea groups is 1. The zero-order chi connectivity index (χ0) is 20.4. The van der Waals surface area contributed by atoms with Crippen molar-refractivity contribution in [2.24, 2.45) is 0 Å². The van der Waals surface area contributed by atoms with Crippen LogP contribution in [0.15, 0.2) is 41.3 Å². The Hall–Kier alpha value is -2.52. The molecule has 2 N–H and O–H groups in total. The molecule has 0 bridgehead atoms. The summed E-state index contributed by atoms with van der Waals surface area (Å²) in [5.41, 5.74) is 1.39. The number of carbonyl (C=O) groups excluding carboxylic acids is 1. The predicted molar refractivity (Wildman–Crippen MR) is 99.0 cm³/mol. The second kappa shape index (κ2) is 8.01. The van der Waals surface area contributed by atoms with Gasteiger partial charge in [0.1, 0.15) is 0 Å². The van der Waals surface area contributed by atoms with Gasteiger partial charge >= 0.3 is 6.03 Å². The van der Waals surface area contributed by atoms with Gasteiger partial charge in [0.15, 0.2) is 11.6 Å². The standard InChI is InChI=1S/C18H21F2N3O3S/c1-11-5-7-14(27(25,26)23(3)4)10-17(11)22-18(24)21-12(2)13-6-8-15(19)16(20)9-13/h5-10,12H,1-4H3,(H2,21,22,24)/t12-/m1/s1. The van der Waals surface area contributed by atoms with Gasteiger partial charge in [-0.25, -0.2) is 26.3 Å². The van der Waals surface area contributed by atoms with Crippen molar-refractivity contribution in [2.75, 3.05) is 19.4 Å². The number of aryl methyl sites for hydroxylation is 1. The Morgan fingerprint density at radius 3 is 2.33 bits per heavy atom. The molecule has 0 spiro atoms. The third-order valence-corrected chi connectivity index (χ3v) is 5.84. The third-order valence-electron chi connectivity index (χ3n) is 4.03. The summed E-state index contributed by atoms with van der Waals surface area (Å²) >= 11 is 0. The molecule has 2 amide bonds. The van der Waals surface area contributed by atoms with Crippen LogP contribution in [0.4, 0.5) is 19.3 Å². The van der Waals surface area contributed by atoms with Crippen molar-refractivity contribution in [3.8, 4) is 0 Å². The highest BCUT2D eigenvalue weighted by molar-refractivity contribution is 7.89. The average Bonchev–Trinajstić information content (AvgIpc) is 2.58. The lowest BCUT2D eigenvalue weighted by atomic mass is 10.1. The monoisotopic (exact) mass is 397 g/mol. The van der Waals surface area contributed by atoms with Gasteiger partial charge in [-0.15, -0.1) is 0 Å². The van der Waals surface area contributed by atoms with Crippen LogP contribution in [0.3, 0.4) is 0 Å². The van der Waals surface area contributed by atoms with E-state index >= 15 is 0 Å². The molecule has 1 atom stereocenters. The molecule has 0 aliphatic rings. The quantitative estimate of drug-likeness (QED) is 0.812. The molecule has 0 aromatic heterocycles. The van der Waals surface area contributed by atoms with Crippen molar-refractivity contribution in [3.05, 3.63) is 59.2 Å². The Bertz CT molecular complexity index is 962. The van der Waals surface area contributed by atoms with E-state index in [2.05, 4.69) is 10.6 Å². The fraction of sp³-hybridized carbons (Fsp3) is 0.278. The molecule has 0 radical (unpaired) electrons. The first-order valence-electron chi connectivity index (χ1n) is 8.08. The first-order valence-corrected chi connectivity index (χ1v) is 9.52. The van der Waals surface area contributed by atoms with Crippen molar-refractivity contribution < 1.29 is 22.0 Å².